The normalized spacial score (nSPS) is 10.1. The molecule has 70 valence electrons. The Morgan fingerprint density at radius 3 is 2.57 bits per heavy atom. The van der Waals surface area contributed by atoms with Gasteiger partial charge in [0, 0.05) is 5.02 Å². The van der Waals surface area contributed by atoms with Gasteiger partial charge in [0.05, 0.1) is 11.9 Å². The number of aromatic nitrogens is 3. The van der Waals surface area contributed by atoms with Crippen molar-refractivity contribution in [3.63, 3.8) is 0 Å². The molecule has 0 saturated heterocycles. The summed E-state index contributed by atoms with van der Waals surface area (Å²) in [7, 11) is 0. The number of halogens is 1. The molecule has 0 radical (unpaired) electrons. The lowest BCUT2D eigenvalue weighted by Gasteiger charge is -1.98. The van der Waals surface area contributed by atoms with E-state index in [2.05, 4.69) is 10.1 Å². The highest BCUT2D eigenvalue weighted by Crippen LogP contribution is 2.11. The third-order valence-corrected chi connectivity index (χ3v) is 1.98. The number of hydrogen-bond acceptors (Lipinski definition) is 3. The third kappa shape index (κ3) is 1.65. The van der Waals surface area contributed by atoms with Crippen molar-refractivity contribution >= 4 is 17.8 Å². The van der Waals surface area contributed by atoms with Crippen LogP contribution >= 0.6 is 11.6 Å². The molecule has 0 unspecified atom stereocenters. The van der Waals surface area contributed by atoms with E-state index in [1.54, 1.807) is 23.1 Å². The van der Waals surface area contributed by atoms with E-state index < -0.39 is 0 Å². The summed E-state index contributed by atoms with van der Waals surface area (Å²) >= 11 is 5.75. The lowest BCUT2D eigenvalue weighted by molar-refractivity contribution is 0.876. The summed E-state index contributed by atoms with van der Waals surface area (Å²) in [4.78, 5) is 3.91. The van der Waals surface area contributed by atoms with Crippen LogP contribution in [0.15, 0.2) is 30.6 Å². The van der Waals surface area contributed by atoms with Crippen molar-refractivity contribution in [2.75, 3.05) is 0 Å². The Labute approximate surface area is 85.7 Å². The van der Waals surface area contributed by atoms with E-state index in [4.69, 9.17) is 17.0 Å². The highest BCUT2D eigenvalue weighted by atomic mass is 35.5. The molecule has 0 aliphatic heterocycles. The second-order valence-electron chi connectivity index (χ2n) is 2.67. The molecule has 0 spiro atoms. The summed E-state index contributed by atoms with van der Waals surface area (Å²) in [6.45, 7) is 0. The van der Waals surface area contributed by atoms with Crippen LogP contribution in [0, 0.1) is 5.41 Å². The third-order valence-electron chi connectivity index (χ3n) is 1.73. The van der Waals surface area contributed by atoms with Gasteiger partial charge < -0.3 is 5.41 Å². The molecular weight excluding hydrogens is 200 g/mol. The van der Waals surface area contributed by atoms with Crippen molar-refractivity contribution < 1.29 is 0 Å². The zero-order valence-corrected chi connectivity index (χ0v) is 7.94. The van der Waals surface area contributed by atoms with Crippen LogP contribution in [0.2, 0.25) is 5.02 Å². The average Bonchev–Trinajstić information content (AvgIpc) is 2.67. The fraction of sp³-hybridized carbons (Fsp3) is 0. The molecule has 1 aromatic carbocycles. The molecule has 2 aromatic rings. The monoisotopic (exact) mass is 206 g/mol. The Bertz CT molecular complexity index is 446. The molecule has 1 aromatic heterocycles. The SMILES string of the molecule is N=Cc1ncn(-c2ccc(Cl)cc2)n1. The summed E-state index contributed by atoms with van der Waals surface area (Å²) in [5.41, 5.74) is 0.870. The second-order valence-corrected chi connectivity index (χ2v) is 3.10. The molecule has 1 heterocycles. The minimum absolute atomic E-state index is 0.389. The predicted molar refractivity (Wildman–Crippen MR) is 54.3 cm³/mol. The Morgan fingerprint density at radius 1 is 1.29 bits per heavy atom. The zero-order valence-electron chi connectivity index (χ0n) is 7.18. The lowest BCUT2D eigenvalue weighted by atomic mass is 10.3. The van der Waals surface area contributed by atoms with Crippen molar-refractivity contribution in [2.45, 2.75) is 0 Å². The van der Waals surface area contributed by atoms with E-state index in [-0.39, 0.29) is 0 Å². The van der Waals surface area contributed by atoms with Crippen molar-refractivity contribution in [1.29, 1.82) is 5.41 Å². The van der Waals surface area contributed by atoms with Crippen LogP contribution in [0.25, 0.3) is 5.69 Å². The molecule has 0 bridgehead atoms. The standard InChI is InChI=1S/C9H7ClN4/c10-7-1-3-8(4-2-7)14-6-12-9(5-11)13-14/h1-6,11H. The summed E-state index contributed by atoms with van der Waals surface area (Å²) in [5, 5.41) is 11.7. The van der Waals surface area contributed by atoms with E-state index in [1.807, 2.05) is 12.1 Å². The molecule has 5 heteroatoms. The predicted octanol–water partition coefficient (Wildman–Crippen LogP) is 1.92. The highest BCUT2D eigenvalue weighted by Gasteiger charge is 1.99. The van der Waals surface area contributed by atoms with Crippen LogP contribution in [-0.4, -0.2) is 21.0 Å². The number of rotatable bonds is 2. The molecule has 0 saturated carbocycles. The quantitative estimate of drug-likeness (QED) is 0.764. The topological polar surface area (TPSA) is 54.6 Å². The van der Waals surface area contributed by atoms with E-state index in [0.717, 1.165) is 11.9 Å². The van der Waals surface area contributed by atoms with Crippen molar-refractivity contribution in [2.24, 2.45) is 0 Å². The average molecular weight is 207 g/mol. The zero-order chi connectivity index (χ0) is 9.97. The van der Waals surface area contributed by atoms with Crippen LogP contribution in [0.1, 0.15) is 5.82 Å². The molecule has 14 heavy (non-hydrogen) atoms. The van der Waals surface area contributed by atoms with Crippen LogP contribution in [0.4, 0.5) is 0 Å². The summed E-state index contributed by atoms with van der Waals surface area (Å²) < 4.78 is 1.59. The first kappa shape index (κ1) is 8.90. The lowest BCUT2D eigenvalue weighted by Crippen LogP contribution is -1.94. The van der Waals surface area contributed by atoms with Crippen molar-refractivity contribution in [3.05, 3.63) is 41.4 Å². The second kappa shape index (κ2) is 3.59. The Morgan fingerprint density at radius 2 is 2.00 bits per heavy atom. The number of hydrogen-bond donors (Lipinski definition) is 1. The fourth-order valence-electron chi connectivity index (χ4n) is 1.06. The molecular formula is C9H7ClN4. The minimum Gasteiger partial charge on any atom is -0.305 e. The maximum Gasteiger partial charge on any atom is 0.191 e. The first-order valence-corrected chi connectivity index (χ1v) is 4.35. The number of nitrogens with one attached hydrogen (secondary N) is 1. The van der Waals surface area contributed by atoms with Gasteiger partial charge in [-0.3, -0.25) is 0 Å². The molecule has 2 rings (SSSR count). The van der Waals surface area contributed by atoms with Crippen LogP contribution in [-0.2, 0) is 0 Å². The van der Waals surface area contributed by atoms with Crippen LogP contribution < -0.4 is 0 Å². The molecule has 0 amide bonds. The van der Waals surface area contributed by atoms with Gasteiger partial charge in [0.15, 0.2) is 5.82 Å². The number of benzene rings is 1. The fourth-order valence-corrected chi connectivity index (χ4v) is 1.19. The maximum atomic E-state index is 6.97. The first-order chi connectivity index (χ1) is 6.79. The number of nitrogens with zero attached hydrogens (tertiary/aromatic N) is 3. The summed E-state index contributed by atoms with van der Waals surface area (Å²) in [6, 6.07) is 7.24. The van der Waals surface area contributed by atoms with Crippen LogP contribution in [0.3, 0.4) is 0 Å². The first-order valence-electron chi connectivity index (χ1n) is 3.97. The van der Waals surface area contributed by atoms with Gasteiger partial charge in [-0.05, 0) is 24.3 Å². The molecule has 0 fully saturated rings. The van der Waals surface area contributed by atoms with Gasteiger partial charge in [0.1, 0.15) is 6.33 Å². The van der Waals surface area contributed by atoms with E-state index >= 15 is 0 Å². The van der Waals surface area contributed by atoms with E-state index in [1.165, 1.54) is 0 Å². The molecule has 0 aliphatic carbocycles. The smallest absolute Gasteiger partial charge is 0.191 e. The Hall–Kier alpha value is -1.68. The molecule has 0 atom stereocenters. The summed E-state index contributed by atoms with van der Waals surface area (Å²) in [5.74, 6) is 0.389. The van der Waals surface area contributed by atoms with Gasteiger partial charge in [-0.25, -0.2) is 9.67 Å². The molecule has 0 aliphatic rings. The van der Waals surface area contributed by atoms with Crippen molar-refractivity contribution in [3.8, 4) is 5.69 Å². The maximum absolute atomic E-state index is 6.97. The Kier molecular flexibility index (Phi) is 2.28. The Balaban J connectivity index is 2.39. The molecule has 1 N–H and O–H groups in total. The molecule has 4 nitrogen and oxygen atoms in total. The van der Waals surface area contributed by atoms with Gasteiger partial charge in [0.25, 0.3) is 0 Å². The highest BCUT2D eigenvalue weighted by molar-refractivity contribution is 6.30. The van der Waals surface area contributed by atoms with Crippen LogP contribution in [0.5, 0.6) is 0 Å². The largest absolute Gasteiger partial charge is 0.305 e. The minimum atomic E-state index is 0.389. The van der Waals surface area contributed by atoms with Crippen molar-refractivity contribution in [1.82, 2.24) is 14.8 Å². The van der Waals surface area contributed by atoms with Gasteiger partial charge in [-0.15, -0.1) is 5.10 Å². The van der Waals surface area contributed by atoms with Gasteiger partial charge >= 0.3 is 0 Å². The van der Waals surface area contributed by atoms with Gasteiger partial charge in [-0.1, -0.05) is 11.6 Å². The van der Waals surface area contributed by atoms with Gasteiger partial charge in [-0.2, -0.15) is 0 Å². The van der Waals surface area contributed by atoms with E-state index in [0.29, 0.717) is 10.8 Å². The summed E-state index contributed by atoms with van der Waals surface area (Å²) in [6.07, 6.45) is 2.66. The van der Waals surface area contributed by atoms with E-state index in [9.17, 15) is 0 Å². The van der Waals surface area contributed by atoms with Gasteiger partial charge in [0.2, 0.25) is 0 Å².